The SMILES string of the molecule is COc1ccc2c(c1)C(N1CCCN(C(=O)c3cc(F)cc(F)c3)CC1)=Nc1ccccc1O2. The molecule has 0 N–H and O–H groups in total. The molecule has 0 aromatic heterocycles. The number of halogens is 2. The monoisotopic (exact) mass is 463 g/mol. The Morgan fingerprint density at radius 3 is 2.53 bits per heavy atom. The summed E-state index contributed by atoms with van der Waals surface area (Å²) in [6.07, 6.45) is 0.671. The summed E-state index contributed by atoms with van der Waals surface area (Å²) < 4.78 is 38.9. The lowest BCUT2D eigenvalue weighted by Crippen LogP contribution is -2.37. The quantitative estimate of drug-likeness (QED) is 0.537. The molecule has 0 saturated carbocycles. The highest BCUT2D eigenvalue weighted by Crippen LogP contribution is 2.39. The van der Waals surface area contributed by atoms with Crippen molar-refractivity contribution in [2.24, 2.45) is 4.99 Å². The maximum Gasteiger partial charge on any atom is 0.254 e. The van der Waals surface area contributed by atoms with E-state index in [1.807, 2.05) is 42.5 Å². The highest BCUT2D eigenvalue weighted by atomic mass is 19.1. The Morgan fingerprint density at radius 2 is 1.74 bits per heavy atom. The molecular weight excluding hydrogens is 440 g/mol. The first-order chi connectivity index (χ1) is 16.5. The Labute approximate surface area is 196 Å². The number of methoxy groups -OCH3 is 1. The van der Waals surface area contributed by atoms with Crippen molar-refractivity contribution in [3.63, 3.8) is 0 Å². The first-order valence-corrected chi connectivity index (χ1v) is 11.1. The second kappa shape index (κ2) is 9.13. The molecule has 2 aliphatic heterocycles. The second-order valence-corrected chi connectivity index (χ2v) is 8.16. The molecular formula is C26H23F2N3O3. The van der Waals surface area contributed by atoms with Crippen LogP contribution in [-0.4, -0.2) is 54.8 Å². The minimum absolute atomic E-state index is 0.00941. The van der Waals surface area contributed by atoms with Crippen molar-refractivity contribution < 1.29 is 23.0 Å². The van der Waals surface area contributed by atoms with Crippen molar-refractivity contribution in [2.45, 2.75) is 6.42 Å². The number of carbonyl (C=O) groups excluding carboxylic acids is 1. The molecule has 1 amide bonds. The Morgan fingerprint density at radius 1 is 0.941 bits per heavy atom. The van der Waals surface area contributed by atoms with Crippen LogP contribution in [0.2, 0.25) is 0 Å². The van der Waals surface area contributed by atoms with Crippen LogP contribution in [0.25, 0.3) is 0 Å². The summed E-state index contributed by atoms with van der Waals surface area (Å²) in [5.41, 5.74) is 1.51. The molecule has 3 aromatic carbocycles. The van der Waals surface area contributed by atoms with E-state index in [0.717, 1.165) is 29.6 Å². The van der Waals surface area contributed by atoms with E-state index in [0.29, 0.717) is 55.5 Å². The van der Waals surface area contributed by atoms with Gasteiger partial charge < -0.3 is 19.3 Å². The topological polar surface area (TPSA) is 54.4 Å². The fourth-order valence-electron chi connectivity index (χ4n) is 4.26. The minimum atomic E-state index is -0.767. The van der Waals surface area contributed by atoms with Crippen LogP contribution in [0.15, 0.2) is 65.7 Å². The van der Waals surface area contributed by atoms with Crippen molar-refractivity contribution in [3.8, 4) is 17.2 Å². The Kier molecular flexibility index (Phi) is 5.88. The molecule has 0 radical (unpaired) electrons. The standard InChI is InChI=1S/C26H23F2N3O3/c1-33-20-7-8-23-21(16-20)25(29-22-5-2-3-6-24(22)34-23)30-9-4-10-31(12-11-30)26(32)17-13-18(27)15-19(28)14-17/h2-3,5-8,13-16H,4,9-12H2,1H3. The van der Waals surface area contributed by atoms with E-state index in [1.54, 1.807) is 12.0 Å². The van der Waals surface area contributed by atoms with Gasteiger partial charge in [-0.15, -0.1) is 0 Å². The molecule has 3 aromatic rings. The molecule has 0 atom stereocenters. The first-order valence-electron chi connectivity index (χ1n) is 11.1. The van der Waals surface area contributed by atoms with E-state index in [-0.39, 0.29) is 11.5 Å². The number of hydrogen-bond donors (Lipinski definition) is 0. The summed E-state index contributed by atoms with van der Waals surface area (Å²) in [7, 11) is 1.61. The van der Waals surface area contributed by atoms with Gasteiger partial charge in [-0.05, 0) is 48.9 Å². The van der Waals surface area contributed by atoms with Crippen LogP contribution in [0.1, 0.15) is 22.3 Å². The van der Waals surface area contributed by atoms with Gasteiger partial charge in [0.25, 0.3) is 5.91 Å². The van der Waals surface area contributed by atoms with Gasteiger partial charge in [0.05, 0.1) is 12.7 Å². The normalized spacial score (nSPS) is 15.3. The van der Waals surface area contributed by atoms with Gasteiger partial charge in [-0.25, -0.2) is 13.8 Å². The highest BCUT2D eigenvalue weighted by molar-refractivity contribution is 6.04. The lowest BCUT2D eigenvalue weighted by Gasteiger charge is -2.25. The Hall–Kier alpha value is -3.94. The lowest BCUT2D eigenvalue weighted by molar-refractivity contribution is 0.0763. The zero-order chi connectivity index (χ0) is 23.7. The molecule has 0 aliphatic carbocycles. The van der Waals surface area contributed by atoms with Gasteiger partial charge in [-0.1, -0.05) is 12.1 Å². The zero-order valence-corrected chi connectivity index (χ0v) is 18.6. The average Bonchev–Trinajstić information content (AvgIpc) is 3.17. The number of aliphatic imine (C=N–C) groups is 1. The maximum absolute atomic E-state index is 13.6. The predicted octanol–water partition coefficient (Wildman–Crippen LogP) is 5.01. The van der Waals surface area contributed by atoms with Crippen molar-refractivity contribution in [2.75, 3.05) is 33.3 Å². The van der Waals surface area contributed by atoms with E-state index in [4.69, 9.17) is 14.5 Å². The van der Waals surface area contributed by atoms with Crippen molar-refractivity contribution >= 4 is 17.4 Å². The van der Waals surface area contributed by atoms with Crippen LogP contribution in [0, 0.1) is 11.6 Å². The van der Waals surface area contributed by atoms with Crippen LogP contribution >= 0.6 is 0 Å². The van der Waals surface area contributed by atoms with Crippen LogP contribution in [-0.2, 0) is 0 Å². The largest absolute Gasteiger partial charge is 0.497 e. The zero-order valence-electron chi connectivity index (χ0n) is 18.6. The van der Waals surface area contributed by atoms with Gasteiger partial charge in [0.2, 0.25) is 0 Å². The van der Waals surface area contributed by atoms with Crippen molar-refractivity contribution in [3.05, 3.63) is 83.4 Å². The summed E-state index contributed by atoms with van der Waals surface area (Å²) in [5, 5.41) is 0. The fraction of sp³-hybridized carbons (Fsp3) is 0.231. The predicted molar refractivity (Wildman–Crippen MR) is 124 cm³/mol. The molecule has 34 heavy (non-hydrogen) atoms. The summed E-state index contributed by atoms with van der Waals surface area (Å²) in [5.74, 6) is 0.804. The molecule has 6 nitrogen and oxygen atoms in total. The van der Waals surface area contributed by atoms with Crippen LogP contribution in [0.3, 0.4) is 0 Å². The molecule has 5 rings (SSSR count). The van der Waals surface area contributed by atoms with Gasteiger partial charge in [0.1, 0.15) is 34.7 Å². The van der Waals surface area contributed by atoms with Crippen LogP contribution in [0.4, 0.5) is 14.5 Å². The van der Waals surface area contributed by atoms with Crippen molar-refractivity contribution in [1.82, 2.24) is 9.80 Å². The molecule has 0 bridgehead atoms. The van der Waals surface area contributed by atoms with Gasteiger partial charge in [-0.2, -0.15) is 0 Å². The number of ether oxygens (including phenoxy) is 2. The number of benzene rings is 3. The fourth-order valence-corrected chi connectivity index (χ4v) is 4.26. The number of amidine groups is 1. The van der Waals surface area contributed by atoms with Gasteiger partial charge in [0.15, 0.2) is 5.75 Å². The number of carbonyl (C=O) groups is 1. The molecule has 2 aliphatic rings. The molecule has 0 unspecified atom stereocenters. The molecule has 8 heteroatoms. The molecule has 2 heterocycles. The molecule has 1 saturated heterocycles. The number of fused-ring (bicyclic) bond motifs is 2. The highest BCUT2D eigenvalue weighted by Gasteiger charge is 2.27. The lowest BCUT2D eigenvalue weighted by atomic mass is 10.1. The van der Waals surface area contributed by atoms with Crippen LogP contribution in [0.5, 0.6) is 17.2 Å². The summed E-state index contributed by atoms with van der Waals surface area (Å²) in [6.45, 7) is 2.01. The Balaban J connectivity index is 1.45. The molecule has 174 valence electrons. The molecule has 1 fully saturated rings. The smallest absolute Gasteiger partial charge is 0.254 e. The third-order valence-corrected chi connectivity index (χ3v) is 5.93. The first kappa shape index (κ1) is 21.9. The number of rotatable bonds is 2. The minimum Gasteiger partial charge on any atom is -0.497 e. The summed E-state index contributed by atoms with van der Waals surface area (Å²) in [4.78, 5) is 21.6. The Bertz CT molecular complexity index is 1260. The van der Waals surface area contributed by atoms with E-state index in [1.165, 1.54) is 0 Å². The maximum atomic E-state index is 13.6. The third-order valence-electron chi connectivity index (χ3n) is 5.93. The van der Waals surface area contributed by atoms with E-state index < -0.39 is 11.6 Å². The number of nitrogens with zero attached hydrogens (tertiary/aromatic N) is 3. The van der Waals surface area contributed by atoms with Gasteiger partial charge >= 0.3 is 0 Å². The second-order valence-electron chi connectivity index (χ2n) is 8.16. The summed E-state index contributed by atoms with van der Waals surface area (Å²) in [6, 6.07) is 16.1. The molecule has 0 spiro atoms. The number of amides is 1. The van der Waals surface area contributed by atoms with Gasteiger partial charge in [-0.3, -0.25) is 4.79 Å². The third kappa shape index (κ3) is 4.31. The summed E-state index contributed by atoms with van der Waals surface area (Å²) >= 11 is 0. The number of hydrogen-bond acceptors (Lipinski definition) is 5. The van der Waals surface area contributed by atoms with Crippen LogP contribution < -0.4 is 9.47 Å². The van der Waals surface area contributed by atoms with E-state index >= 15 is 0 Å². The van der Waals surface area contributed by atoms with Gasteiger partial charge in [0, 0.05) is 37.8 Å². The number of para-hydroxylation sites is 2. The average molecular weight is 463 g/mol. The van der Waals surface area contributed by atoms with Crippen molar-refractivity contribution in [1.29, 1.82) is 0 Å². The van der Waals surface area contributed by atoms with E-state index in [9.17, 15) is 13.6 Å². The van der Waals surface area contributed by atoms with E-state index in [2.05, 4.69) is 4.90 Å².